The molecular formula is C22H30N2O6S. The third-order valence-electron chi connectivity index (χ3n) is 4.20. The van der Waals surface area contributed by atoms with Crippen LogP contribution in [0.2, 0.25) is 0 Å². The summed E-state index contributed by atoms with van der Waals surface area (Å²) in [6, 6.07) is 12.1. The van der Waals surface area contributed by atoms with Crippen LogP contribution in [0.3, 0.4) is 0 Å². The van der Waals surface area contributed by atoms with Gasteiger partial charge in [-0.25, -0.2) is 8.42 Å². The molecule has 0 aliphatic heterocycles. The number of rotatable bonds is 11. The molecule has 2 aromatic rings. The van der Waals surface area contributed by atoms with Gasteiger partial charge in [0.2, 0.25) is 15.9 Å². The van der Waals surface area contributed by atoms with Crippen molar-refractivity contribution in [2.45, 2.75) is 33.4 Å². The number of methoxy groups -OCH3 is 1. The molecule has 8 nitrogen and oxygen atoms in total. The first-order valence-electron chi connectivity index (χ1n) is 9.95. The molecule has 0 saturated heterocycles. The highest BCUT2D eigenvalue weighted by atomic mass is 32.2. The second-order valence-corrected chi connectivity index (χ2v) is 9.01. The normalized spacial score (nSPS) is 11.2. The van der Waals surface area contributed by atoms with E-state index in [0.29, 0.717) is 29.5 Å². The van der Waals surface area contributed by atoms with Gasteiger partial charge in [-0.05, 0) is 50.6 Å². The van der Waals surface area contributed by atoms with Crippen molar-refractivity contribution in [1.82, 2.24) is 5.32 Å². The Balaban J connectivity index is 2.13. The minimum absolute atomic E-state index is 0.000920. The van der Waals surface area contributed by atoms with Gasteiger partial charge in [0, 0.05) is 6.54 Å². The molecule has 170 valence electrons. The Kier molecular flexibility index (Phi) is 8.56. The Morgan fingerprint density at radius 1 is 1.10 bits per heavy atom. The van der Waals surface area contributed by atoms with Gasteiger partial charge in [-0.3, -0.25) is 9.10 Å². The van der Waals surface area contributed by atoms with Crippen LogP contribution in [0, 0.1) is 0 Å². The Morgan fingerprint density at radius 2 is 1.81 bits per heavy atom. The molecule has 0 radical (unpaired) electrons. The van der Waals surface area contributed by atoms with Crippen LogP contribution in [0.15, 0.2) is 42.5 Å². The zero-order valence-corrected chi connectivity index (χ0v) is 19.4. The number of nitrogens with zero attached hydrogens (tertiary/aromatic N) is 1. The summed E-state index contributed by atoms with van der Waals surface area (Å²) in [5.41, 5.74) is 1.11. The summed E-state index contributed by atoms with van der Waals surface area (Å²) in [7, 11) is -2.16. The molecule has 1 N–H and O–H groups in total. The number of benzene rings is 2. The number of ether oxygens (including phenoxy) is 3. The molecule has 0 aliphatic rings. The van der Waals surface area contributed by atoms with Crippen LogP contribution >= 0.6 is 0 Å². The fourth-order valence-electron chi connectivity index (χ4n) is 2.88. The maximum absolute atomic E-state index is 12.6. The SMILES string of the molecule is CCOc1ccccc1N(CC(=O)NCc1ccc(OC(C)C)c(OC)c1)S(C)(=O)=O. The number of sulfonamides is 1. The number of nitrogens with one attached hydrogen (secondary N) is 1. The van der Waals surface area contributed by atoms with Gasteiger partial charge in [0.25, 0.3) is 0 Å². The van der Waals surface area contributed by atoms with Gasteiger partial charge < -0.3 is 19.5 Å². The van der Waals surface area contributed by atoms with Crippen LogP contribution in [-0.2, 0) is 21.4 Å². The van der Waals surface area contributed by atoms with E-state index in [1.54, 1.807) is 50.4 Å². The van der Waals surface area contributed by atoms with Crippen molar-refractivity contribution in [3.63, 3.8) is 0 Å². The smallest absolute Gasteiger partial charge is 0.241 e. The number of carbonyl (C=O) groups excluding carboxylic acids is 1. The molecular weight excluding hydrogens is 420 g/mol. The molecule has 0 heterocycles. The van der Waals surface area contributed by atoms with Crippen LogP contribution < -0.4 is 23.8 Å². The van der Waals surface area contributed by atoms with E-state index in [1.807, 2.05) is 19.9 Å². The summed E-state index contributed by atoms with van der Waals surface area (Å²) < 4.78 is 42.3. The molecule has 0 bridgehead atoms. The predicted molar refractivity (Wildman–Crippen MR) is 120 cm³/mol. The molecule has 2 rings (SSSR count). The minimum atomic E-state index is -3.71. The second-order valence-electron chi connectivity index (χ2n) is 7.10. The Labute approximate surface area is 184 Å². The highest BCUT2D eigenvalue weighted by Crippen LogP contribution is 2.30. The van der Waals surface area contributed by atoms with E-state index in [1.165, 1.54) is 0 Å². The summed E-state index contributed by atoms with van der Waals surface area (Å²) in [4.78, 5) is 12.6. The molecule has 0 aromatic heterocycles. The van der Waals surface area contributed by atoms with Gasteiger partial charge in [-0.1, -0.05) is 18.2 Å². The number of carbonyl (C=O) groups is 1. The molecule has 0 unspecified atom stereocenters. The van der Waals surface area contributed by atoms with Crippen LogP contribution in [0.1, 0.15) is 26.3 Å². The van der Waals surface area contributed by atoms with Crippen molar-refractivity contribution in [3.8, 4) is 17.2 Å². The number of hydrogen-bond acceptors (Lipinski definition) is 6. The van der Waals surface area contributed by atoms with E-state index in [9.17, 15) is 13.2 Å². The fraction of sp³-hybridized carbons (Fsp3) is 0.409. The Hall–Kier alpha value is -2.94. The average molecular weight is 451 g/mol. The van der Waals surface area contributed by atoms with Crippen molar-refractivity contribution >= 4 is 21.6 Å². The molecule has 9 heteroatoms. The number of hydrogen-bond donors (Lipinski definition) is 1. The lowest BCUT2D eigenvalue weighted by Gasteiger charge is -2.24. The third kappa shape index (κ3) is 7.06. The van der Waals surface area contributed by atoms with E-state index in [2.05, 4.69) is 5.32 Å². The molecule has 0 saturated carbocycles. The lowest BCUT2D eigenvalue weighted by Crippen LogP contribution is -2.40. The predicted octanol–water partition coefficient (Wildman–Crippen LogP) is 2.96. The first-order valence-corrected chi connectivity index (χ1v) is 11.8. The zero-order valence-electron chi connectivity index (χ0n) is 18.5. The van der Waals surface area contributed by atoms with Crippen molar-refractivity contribution in [2.24, 2.45) is 0 Å². The quantitative estimate of drug-likeness (QED) is 0.566. The molecule has 0 fully saturated rings. The topological polar surface area (TPSA) is 94.2 Å². The number of para-hydroxylation sites is 2. The van der Waals surface area contributed by atoms with E-state index in [0.717, 1.165) is 16.1 Å². The summed E-state index contributed by atoms with van der Waals surface area (Å²) in [5.74, 6) is 1.12. The summed E-state index contributed by atoms with van der Waals surface area (Å²) in [6.07, 6.45) is 1.06. The van der Waals surface area contributed by atoms with Crippen molar-refractivity contribution < 1.29 is 27.4 Å². The van der Waals surface area contributed by atoms with Gasteiger partial charge in [0.1, 0.15) is 12.3 Å². The van der Waals surface area contributed by atoms with Gasteiger partial charge in [0.15, 0.2) is 11.5 Å². The number of amides is 1. The van der Waals surface area contributed by atoms with Gasteiger partial charge in [-0.2, -0.15) is 0 Å². The number of anilines is 1. The van der Waals surface area contributed by atoms with Crippen molar-refractivity contribution in [1.29, 1.82) is 0 Å². The molecule has 0 atom stereocenters. The lowest BCUT2D eigenvalue weighted by atomic mass is 10.2. The standard InChI is InChI=1S/C22H30N2O6S/c1-6-29-19-10-8-7-9-18(19)24(31(5,26)27)15-22(25)23-14-17-11-12-20(30-16(2)3)21(13-17)28-4/h7-13,16H,6,14-15H2,1-5H3,(H,23,25). The monoisotopic (exact) mass is 450 g/mol. The first kappa shape index (κ1) is 24.3. The summed E-state index contributed by atoms with van der Waals surface area (Å²) >= 11 is 0. The highest BCUT2D eigenvalue weighted by molar-refractivity contribution is 7.92. The Bertz CT molecular complexity index is 991. The van der Waals surface area contributed by atoms with Gasteiger partial charge in [0.05, 0.1) is 31.8 Å². The average Bonchev–Trinajstić information content (AvgIpc) is 2.71. The van der Waals surface area contributed by atoms with Crippen LogP contribution in [0.4, 0.5) is 5.69 Å². The third-order valence-corrected chi connectivity index (χ3v) is 5.33. The highest BCUT2D eigenvalue weighted by Gasteiger charge is 2.23. The molecule has 0 spiro atoms. The maximum atomic E-state index is 12.6. The maximum Gasteiger partial charge on any atom is 0.241 e. The summed E-state index contributed by atoms with van der Waals surface area (Å²) in [5, 5.41) is 2.75. The zero-order chi connectivity index (χ0) is 23.0. The summed E-state index contributed by atoms with van der Waals surface area (Å²) in [6.45, 7) is 5.87. The van der Waals surface area contributed by atoms with Crippen LogP contribution in [0.25, 0.3) is 0 Å². The van der Waals surface area contributed by atoms with Crippen LogP contribution in [-0.4, -0.2) is 46.9 Å². The second kappa shape index (κ2) is 10.9. The molecule has 0 aliphatic carbocycles. The van der Waals surface area contributed by atoms with Crippen molar-refractivity contribution in [2.75, 3.05) is 30.8 Å². The van der Waals surface area contributed by atoms with Gasteiger partial charge in [-0.15, -0.1) is 0 Å². The minimum Gasteiger partial charge on any atom is -0.493 e. The molecule has 2 aromatic carbocycles. The fourth-order valence-corrected chi connectivity index (χ4v) is 3.74. The van der Waals surface area contributed by atoms with E-state index < -0.39 is 15.9 Å². The van der Waals surface area contributed by atoms with E-state index in [4.69, 9.17) is 14.2 Å². The first-order chi connectivity index (χ1) is 14.7. The van der Waals surface area contributed by atoms with Crippen molar-refractivity contribution in [3.05, 3.63) is 48.0 Å². The lowest BCUT2D eigenvalue weighted by molar-refractivity contribution is -0.119. The van der Waals surface area contributed by atoms with E-state index in [-0.39, 0.29) is 19.2 Å². The largest absolute Gasteiger partial charge is 0.493 e. The van der Waals surface area contributed by atoms with Crippen LogP contribution in [0.5, 0.6) is 17.2 Å². The van der Waals surface area contributed by atoms with E-state index >= 15 is 0 Å². The molecule has 1 amide bonds. The molecule has 31 heavy (non-hydrogen) atoms. The Morgan fingerprint density at radius 3 is 2.42 bits per heavy atom. The van der Waals surface area contributed by atoms with Gasteiger partial charge >= 0.3 is 0 Å².